The first-order valence-electron chi connectivity index (χ1n) is 8.91. The smallest absolute Gasteiger partial charge is 0.268 e. The van der Waals surface area contributed by atoms with Gasteiger partial charge >= 0.3 is 0 Å². The van der Waals surface area contributed by atoms with Crippen LogP contribution in [0, 0.1) is 18.3 Å². The Balaban J connectivity index is 1.89. The summed E-state index contributed by atoms with van der Waals surface area (Å²) >= 11 is 0. The Labute approximate surface area is 163 Å². The number of hydrogen-bond acceptors (Lipinski definition) is 4. The van der Waals surface area contributed by atoms with Crippen molar-refractivity contribution < 1.29 is 13.2 Å². The molecule has 1 fully saturated rings. The van der Waals surface area contributed by atoms with Crippen LogP contribution in [0.15, 0.2) is 53.6 Å². The van der Waals surface area contributed by atoms with Gasteiger partial charge in [-0.15, -0.1) is 0 Å². The van der Waals surface area contributed by atoms with Crippen molar-refractivity contribution in [3.8, 4) is 6.07 Å². The van der Waals surface area contributed by atoms with Crippen LogP contribution in [-0.4, -0.2) is 36.8 Å². The molecule has 0 saturated heterocycles. The van der Waals surface area contributed by atoms with Crippen LogP contribution in [0.5, 0.6) is 0 Å². The number of rotatable bonds is 5. The molecule has 6 nitrogen and oxygen atoms in total. The number of amides is 1. The monoisotopic (exact) mass is 393 g/mol. The predicted octanol–water partition coefficient (Wildman–Crippen LogP) is 3.00. The van der Waals surface area contributed by atoms with Crippen molar-refractivity contribution in [1.82, 2.24) is 8.87 Å². The van der Waals surface area contributed by atoms with Gasteiger partial charge in [-0.1, -0.05) is 17.7 Å². The first kappa shape index (κ1) is 18.3. The molecule has 0 bridgehead atoms. The lowest BCUT2D eigenvalue weighted by Crippen LogP contribution is -2.19. The molecule has 1 aliphatic rings. The standard InChI is InChI=1S/C21H19N3O3S/c1-14-3-6-16(7-4-14)28(26,27)24-12-19(18-10-21(18)23(2)13-25)17-9-15(11-22)5-8-20(17)24/h3-9,12-13,18,21H,10H2,1-2H3/t18-,21+/m0/s1. The van der Waals surface area contributed by atoms with Gasteiger partial charge in [0.25, 0.3) is 10.0 Å². The number of aryl methyl sites for hydroxylation is 1. The van der Waals surface area contributed by atoms with E-state index in [0.29, 0.717) is 11.1 Å². The van der Waals surface area contributed by atoms with E-state index in [9.17, 15) is 18.5 Å². The van der Waals surface area contributed by atoms with Gasteiger partial charge in [0.05, 0.1) is 22.0 Å². The number of likely N-dealkylation sites (N-methyl/N-ethyl adjacent to an activating group) is 1. The first-order valence-corrected chi connectivity index (χ1v) is 10.4. The fraction of sp³-hybridized carbons (Fsp3) is 0.238. The molecule has 7 heteroatoms. The van der Waals surface area contributed by atoms with E-state index in [1.54, 1.807) is 60.6 Å². The maximum atomic E-state index is 13.3. The molecule has 0 unspecified atom stereocenters. The lowest BCUT2D eigenvalue weighted by atomic mass is 10.1. The fourth-order valence-electron chi connectivity index (χ4n) is 3.66. The van der Waals surface area contributed by atoms with Gasteiger partial charge < -0.3 is 4.90 Å². The van der Waals surface area contributed by atoms with Crippen molar-refractivity contribution in [1.29, 1.82) is 5.26 Å². The van der Waals surface area contributed by atoms with Crippen molar-refractivity contribution in [2.24, 2.45) is 0 Å². The highest BCUT2D eigenvalue weighted by Gasteiger charge is 2.43. The molecule has 1 aromatic heterocycles. The summed E-state index contributed by atoms with van der Waals surface area (Å²) in [7, 11) is -2.06. The van der Waals surface area contributed by atoms with E-state index in [2.05, 4.69) is 6.07 Å². The molecule has 0 radical (unpaired) electrons. The van der Waals surface area contributed by atoms with Crippen LogP contribution >= 0.6 is 0 Å². The molecule has 1 saturated carbocycles. The molecule has 4 rings (SSSR count). The predicted molar refractivity (Wildman–Crippen MR) is 105 cm³/mol. The van der Waals surface area contributed by atoms with Crippen LogP contribution in [-0.2, 0) is 14.8 Å². The minimum atomic E-state index is -3.78. The molecule has 0 aliphatic heterocycles. The summed E-state index contributed by atoms with van der Waals surface area (Å²) in [6.45, 7) is 1.90. The average molecular weight is 393 g/mol. The minimum absolute atomic E-state index is 0.0457. The van der Waals surface area contributed by atoms with Gasteiger partial charge in [-0.3, -0.25) is 4.79 Å². The van der Waals surface area contributed by atoms with Gasteiger partial charge in [-0.2, -0.15) is 5.26 Å². The summed E-state index contributed by atoms with van der Waals surface area (Å²) < 4.78 is 27.8. The van der Waals surface area contributed by atoms with Gasteiger partial charge in [-0.25, -0.2) is 12.4 Å². The van der Waals surface area contributed by atoms with Gasteiger partial charge in [-0.05, 0) is 49.2 Å². The van der Waals surface area contributed by atoms with E-state index in [1.807, 2.05) is 6.92 Å². The third kappa shape index (κ3) is 2.86. The van der Waals surface area contributed by atoms with Crippen molar-refractivity contribution in [3.05, 3.63) is 65.4 Å². The van der Waals surface area contributed by atoms with E-state index in [4.69, 9.17) is 0 Å². The quantitative estimate of drug-likeness (QED) is 0.624. The lowest BCUT2D eigenvalue weighted by Gasteiger charge is -2.09. The van der Waals surface area contributed by atoms with Crippen LogP contribution in [0.3, 0.4) is 0 Å². The Hall–Kier alpha value is -3.11. The van der Waals surface area contributed by atoms with Crippen molar-refractivity contribution in [3.63, 3.8) is 0 Å². The molecular weight excluding hydrogens is 374 g/mol. The van der Waals surface area contributed by atoms with Crippen molar-refractivity contribution >= 4 is 27.3 Å². The highest BCUT2D eigenvalue weighted by molar-refractivity contribution is 7.90. The third-order valence-electron chi connectivity index (χ3n) is 5.35. The van der Waals surface area contributed by atoms with Gasteiger partial charge in [0.15, 0.2) is 0 Å². The summed E-state index contributed by atoms with van der Waals surface area (Å²) in [6, 6.07) is 13.9. The van der Waals surface area contributed by atoms with E-state index in [1.165, 1.54) is 3.97 Å². The number of carbonyl (C=O) groups excluding carboxylic acids is 1. The molecule has 28 heavy (non-hydrogen) atoms. The lowest BCUT2D eigenvalue weighted by molar-refractivity contribution is -0.117. The Kier molecular flexibility index (Phi) is 4.24. The number of hydrogen-bond donors (Lipinski definition) is 0. The topological polar surface area (TPSA) is 83.2 Å². The minimum Gasteiger partial charge on any atom is -0.345 e. The highest BCUT2D eigenvalue weighted by atomic mass is 32.2. The number of aromatic nitrogens is 1. The van der Waals surface area contributed by atoms with Crippen LogP contribution in [0.25, 0.3) is 10.9 Å². The van der Waals surface area contributed by atoms with E-state index in [-0.39, 0.29) is 16.9 Å². The fourth-order valence-corrected chi connectivity index (χ4v) is 5.03. The zero-order chi connectivity index (χ0) is 20.1. The number of benzene rings is 2. The molecule has 2 atom stereocenters. The Morgan fingerprint density at radius 1 is 1.21 bits per heavy atom. The molecule has 1 amide bonds. The largest absolute Gasteiger partial charge is 0.345 e. The summed E-state index contributed by atoms with van der Waals surface area (Å²) in [4.78, 5) is 12.9. The van der Waals surface area contributed by atoms with Crippen LogP contribution in [0.1, 0.15) is 29.0 Å². The number of nitrogens with zero attached hydrogens (tertiary/aromatic N) is 3. The van der Waals surface area contributed by atoms with Crippen LogP contribution < -0.4 is 0 Å². The molecule has 2 aromatic carbocycles. The second-order valence-corrected chi connectivity index (χ2v) is 9.04. The first-order chi connectivity index (χ1) is 13.4. The number of fused-ring (bicyclic) bond motifs is 1. The van der Waals surface area contributed by atoms with E-state index >= 15 is 0 Å². The highest BCUT2D eigenvalue weighted by Crippen LogP contribution is 2.47. The molecule has 0 spiro atoms. The molecular formula is C21H19N3O3S. The summed E-state index contributed by atoms with van der Waals surface area (Å²) in [5, 5.41) is 10.00. The SMILES string of the molecule is Cc1ccc(S(=O)(=O)n2cc([C@@H]3C[C@H]3N(C)C=O)c3cc(C#N)ccc32)cc1. The summed E-state index contributed by atoms with van der Waals surface area (Å²) in [5.74, 6) is 0.0566. The van der Waals surface area contributed by atoms with Crippen LogP contribution in [0.2, 0.25) is 0 Å². The number of nitriles is 1. The summed E-state index contributed by atoms with van der Waals surface area (Å²) in [6.07, 6.45) is 3.20. The molecule has 3 aromatic rings. The van der Waals surface area contributed by atoms with Crippen molar-refractivity contribution in [2.75, 3.05) is 7.05 Å². The molecule has 142 valence electrons. The van der Waals surface area contributed by atoms with Gasteiger partial charge in [0, 0.05) is 30.6 Å². The maximum absolute atomic E-state index is 13.3. The van der Waals surface area contributed by atoms with E-state index < -0.39 is 10.0 Å². The van der Waals surface area contributed by atoms with Gasteiger partial charge in [0.2, 0.25) is 6.41 Å². The maximum Gasteiger partial charge on any atom is 0.268 e. The Morgan fingerprint density at radius 2 is 1.93 bits per heavy atom. The molecule has 1 aliphatic carbocycles. The van der Waals surface area contributed by atoms with Gasteiger partial charge in [0.1, 0.15) is 0 Å². The normalized spacial score (nSPS) is 18.6. The second-order valence-electron chi connectivity index (χ2n) is 7.22. The third-order valence-corrected chi connectivity index (χ3v) is 7.04. The molecule has 0 N–H and O–H groups in total. The summed E-state index contributed by atoms with van der Waals surface area (Å²) in [5.41, 5.74) is 2.84. The van der Waals surface area contributed by atoms with Crippen molar-refractivity contribution in [2.45, 2.75) is 30.2 Å². The van der Waals surface area contributed by atoms with Crippen LogP contribution in [0.4, 0.5) is 0 Å². The zero-order valence-electron chi connectivity index (χ0n) is 15.5. The van der Waals surface area contributed by atoms with E-state index in [0.717, 1.165) is 29.3 Å². The Bertz CT molecular complexity index is 1220. The Morgan fingerprint density at radius 3 is 2.57 bits per heavy atom. The number of carbonyl (C=O) groups is 1. The average Bonchev–Trinajstić information content (AvgIpc) is 3.40. The molecule has 1 heterocycles. The second kappa shape index (κ2) is 6.50. The zero-order valence-corrected chi connectivity index (χ0v) is 16.3.